The molecule has 0 saturated heterocycles. The van der Waals surface area contributed by atoms with E-state index in [2.05, 4.69) is 19.2 Å². The fourth-order valence-corrected chi connectivity index (χ4v) is 2.87. The summed E-state index contributed by atoms with van der Waals surface area (Å²) in [6, 6.07) is 11.2. The molecule has 0 aliphatic heterocycles. The van der Waals surface area contributed by atoms with E-state index in [0.717, 1.165) is 17.0 Å². The maximum atomic E-state index is 14.1. The molecule has 2 rings (SSSR count). The van der Waals surface area contributed by atoms with Crippen LogP contribution in [0.2, 0.25) is 0 Å². The summed E-state index contributed by atoms with van der Waals surface area (Å²) in [5.74, 6) is 0.0200. The largest absolute Gasteiger partial charge is 0.312 e. The summed E-state index contributed by atoms with van der Waals surface area (Å²) in [6.07, 6.45) is 0. The summed E-state index contributed by atoms with van der Waals surface area (Å²) >= 11 is 1.33. The fourth-order valence-electron chi connectivity index (χ4n) is 1.92. The van der Waals surface area contributed by atoms with Gasteiger partial charge in [0.25, 0.3) is 0 Å². The van der Waals surface area contributed by atoms with Gasteiger partial charge in [0.1, 0.15) is 11.6 Å². The van der Waals surface area contributed by atoms with Gasteiger partial charge < -0.3 is 5.32 Å². The number of nitrogens with one attached hydrogen (secondary N) is 1. The molecule has 0 aromatic heterocycles. The fraction of sp³-hybridized carbons (Fsp3) is 0.294. The zero-order valence-electron chi connectivity index (χ0n) is 12.2. The molecule has 0 aliphatic carbocycles. The van der Waals surface area contributed by atoms with Gasteiger partial charge in [-0.1, -0.05) is 37.7 Å². The molecule has 1 nitrogen and oxygen atoms in total. The molecule has 0 fully saturated rings. The van der Waals surface area contributed by atoms with E-state index in [9.17, 15) is 8.78 Å². The van der Waals surface area contributed by atoms with Crippen molar-refractivity contribution in [2.24, 2.45) is 5.92 Å². The topological polar surface area (TPSA) is 12.0 Å². The first-order chi connectivity index (χ1) is 10.1. The maximum Gasteiger partial charge on any atom is 0.137 e. The highest BCUT2D eigenvalue weighted by Crippen LogP contribution is 2.32. The number of benzene rings is 2. The molecule has 0 amide bonds. The Kier molecular flexibility index (Phi) is 5.76. The van der Waals surface area contributed by atoms with E-state index in [1.54, 1.807) is 18.2 Å². The van der Waals surface area contributed by atoms with Gasteiger partial charge in [-0.2, -0.15) is 0 Å². The van der Waals surface area contributed by atoms with Crippen molar-refractivity contribution in [2.45, 2.75) is 30.2 Å². The number of hydrogen-bond donors (Lipinski definition) is 1. The molecular formula is C17H19F2NS. The van der Waals surface area contributed by atoms with Crippen LogP contribution >= 0.6 is 11.8 Å². The van der Waals surface area contributed by atoms with E-state index in [4.69, 9.17) is 0 Å². The lowest BCUT2D eigenvalue weighted by atomic mass is 10.2. The molecule has 0 unspecified atom stereocenters. The first-order valence-electron chi connectivity index (χ1n) is 6.98. The zero-order valence-corrected chi connectivity index (χ0v) is 13.0. The third kappa shape index (κ3) is 4.83. The molecule has 112 valence electrons. The molecule has 2 aromatic carbocycles. The Hall–Kier alpha value is -1.39. The van der Waals surface area contributed by atoms with Crippen LogP contribution in [0.15, 0.2) is 52.3 Å². The maximum absolute atomic E-state index is 14.1. The van der Waals surface area contributed by atoms with E-state index in [1.165, 1.54) is 30.0 Å². The second kappa shape index (κ2) is 7.57. The molecule has 0 heterocycles. The normalized spacial score (nSPS) is 11.1. The van der Waals surface area contributed by atoms with Crippen molar-refractivity contribution in [1.29, 1.82) is 0 Å². The molecule has 0 saturated carbocycles. The highest BCUT2D eigenvalue weighted by Gasteiger charge is 2.10. The van der Waals surface area contributed by atoms with Gasteiger partial charge >= 0.3 is 0 Å². The van der Waals surface area contributed by atoms with Gasteiger partial charge in [0.15, 0.2) is 0 Å². The summed E-state index contributed by atoms with van der Waals surface area (Å²) in [4.78, 5) is 1.42. The summed E-state index contributed by atoms with van der Waals surface area (Å²) < 4.78 is 27.0. The number of rotatable bonds is 6. The Morgan fingerprint density at radius 2 is 1.76 bits per heavy atom. The van der Waals surface area contributed by atoms with Crippen molar-refractivity contribution in [2.75, 3.05) is 6.54 Å². The number of hydrogen-bond acceptors (Lipinski definition) is 2. The van der Waals surface area contributed by atoms with Crippen molar-refractivity contribution >= 4 is 11.8 Å². The molecule has 21 heavy (non-hydrogen) atoms. The van der Waals surface area contributed by atoms with Crippen LogP contribution in [0.3, 0.4) is 0 Å². The van der Waals surface area contributed by atoms with Crippen LogP contribution in [-0.4, -0.2) is 6.54 Å². The molecule has 0 bridgehead atoms. The third-order valence-corrected chi connectivity index (χ3v) is 4.12. The second-order valence-electron chi connectivity index (χ2n) is 5.31. The van der Waals surface area contributed by atoms with Crippen molar-refractivity contribution in [1.82, 2.24) is 5.32 Å². The predicted molar refractivity (Wildman–Crippen MR) is 83.5 cm³/mol. The Morgan fingerprint density at radius 1 is 1.05 bits per heavy atom. The van der Waals surface area contributed by atoms with E-state index < -0.39 is 0 Å². The molecule has 0 spiro atoms. The Labute approximate surface area is 128 Å². The molecule has 0 radical (unpaired) electrons. The molecule has 1 N–H and O–H groups in total. The molecule has 0 aliphatic rings. The zero-order chi connectivity index (χ0) is 15.2. The summed E-state index contributed by atoms with van der Waals surface area (Å²) in [6.45, 7) is 5.77. The van der Waals surface area contributed by atoms with Crippen molar-refractivity contribution in [3.8, 4) is 0 Å². The van der Waals surface area contributed by atoms with Gasteiger partial charge in [0.05, 0.1) is 4.90 Å². The van der Waals surface area contributed by atoms with E-state index in [0.29, 0.717) is 17.4 Å². The van der Waals surface area contributed by atoms with Crippen LogP contribution in [0.1, 0.15) is 19.4 Å². The second-order valence-corrected chi connectivity index (χ2v) is 6.39. The smallest absolute Gasteiger partial charge is 0.137 e. The molecule has 0 atom stereocenters. The summed E-state index contributed by atoms with van der Waals surface area (Å²) in [5, 5.41) is 3.32. The van der Waals surface area contributed by atoms with Crippen molar-refractivity contribution in [3.63, 3.8) is 0 Å². The van der Waals surface area contributed by atoms with Gasteiger partial charge in [0.2, 0.25) is 0 Å². The standard InChI is InChI=1S/C17H19F2NS/c1-12(2)10-20-11-13-4-3-5-16(19)17(13)21-15-8-6-14(18)7-9-15/h3-9,12,20H,10-11H2,1-2H3. The Bertz CT molecular complexity index is 582. The van der Waals surface area contributed by atoms with Gasteiger partial charge in [-0.3, -0.25) is 0 Å². The van der Waals surface area contributed by atoms with Crippen LogP contribution in [0.25, 0.3) is 0 Å². The highest BCUT2D eigenvalue weighted by molar-refractivity contribution is 7.99. The average molecular weight is 307 g/mol. The molecule has 4 heteroatoms. The van der Waals surface area contributed by atoms with Crippen LogP contribution in [0, 0.1) is 17.6 Å². The Balaban J connectivity index is 2.15. The molecule has 2 aromatic rings. The lowest BCUT2D eigenvalue weighted by Gasteiger charge is -2.12. The van der Waals surface area contributed by atoms with Crippen LogP contribution in [0.4, 0.5) is 8.78 Å². The minimum absolute atomic E-state index is 0.242. The minimum atomic E-state index is -0.285. The lowest BCUT2D eigenvalue weighted by Crippen LogP contribution is -2.19. The van der Waals surface area contributed by atoms with Crippen molar-refractivity contribution in [3.05, 3.63) is 59.7 Å². The summed E-state index contributed by atoms with van der Waals surface area (Å²) in [5.41, 5.74) is 0.921. The quantitative estimate of drug-likeness (QED) is 0.818. The monoisotopic (exact) mass is 307 g/mol. The Morgan fingerprint density at radius 3 is 2.43 bits per heavy atom. The van der Waals surface area contributed by atoms with Gasteiger partial charge in [-0.15, -0.1) is 0 Å². The van der Waals surface area contributed by atoms with Crippen LogP contribution in [0.5, 0.6) is 0 Å². The average Bonchev–Trinajstić information content (AvgIpc) is 2.44. The summed E-state index contributed by atoms with van der Waals surface area (Å²) in [7, 11) is 0. The van der Waals surface area contributed by atoms with E-state index in [-0.39, 0.29) is 11.6 Å². The molecular weight excluding hydrogens is 288 g/mol. The van der Waals surface area contributed by atoms with Crippen LogP contribution in [-0.2, 0) is 6.54 Å². The van der Waals surface area contributed by atoms with Gasteiger partial charge in [0, 0.05) is 11.4 Å². The van der Waals surface area contributed by atoms with Crippen molar-refractivity contribution < 1.29 is 8.78 Å². The SMILES string of the molecule is CC(C)CNCc1cccc(F)c1Sc1ccc(F)cc1. The van der Waals surface area contributed by atoms with E-state index in [1.807, 2.05) is 6.07 Å². The first-order valence-corrected chi connectivity index (χ1v) is 7.79. The highest BCUT2D eigenvalue weighted by atomic mass is 32.2. The predicted octanol–water partition coefficient (Wildman–Crippen LogP) is 4.86. The van der Waals surface area contributed by atoms with Gasteiger partial charge in [-0.05, 0) is 48.4 Å². The van der Waals surface area contributed by atoms with Crippen LogP contribution < -0.4 is 5.32 Å². The number of halogens is 2. The first kappa shape index (κ1) is 16.0. The van der Waals surface area contributed by atoms with E-state index >= 15 is 0 Å². The minimum Gasteiger partial charge on any atom is -0.312 e. The third-order valence-electron chi connectivity index (χ3n) is 2.95. The van der Waals surface area contributed by atoms with Gasteiger partial charge in [-0.25, -0.2) is 8.78 Å². The lowest BCUT2D eigenvalue weighted by molar-refractivity contribution is 0.543.